The van der Waals surface area contributed by atoms with E-state index in [1.807, 2.05) is 82.3 Å². The van der Waals surface area contributed by atoms with Crippen LogP contribution in [-0.4, -0.2) is 60.2 Å². The molecular weight excluding hydrogens is 552 g/mol. The molecule has 10 heteroatoms. The van der Waals surface area contributed by atoms with Gasteiger partial charge in [0.05, 0.1) is 19.8 Å². The third kappa shape index (κ3) is 10.1. The number of carbonyl (C=O) groups excluding carboxylic acids is 3. The number of hydrogen-bond acceptors (Lipinski definition) is 6. The summed E-state index contributed by atoms with van der Waals surface area (Å²) in [6.45, 7) is 10.1. The van der Waals surface area contributed by atoms with Crippen LogP contribution in [0.1, 0.15) is 53.0 Å². The van der Waals surface area contributed by atoms with Crippen LogP contribution in [0.2, 0.25) is 0 Å². The van der Waals surface area contributed by atoms with E-state index < -0.39 is 29.6 Å². The lowest BCUT2D eigenvalue weighted by atomic mass is 9.93. The molecule has 9 nitrogen and oxygen atoms in total. The number of carbonyl (C=O) groups is 3. The van der Waals surface area contributed by atoms with Crippen molar-refractivity contribution in [3.05, 3.63) is 60.2 Å². The predicted molar refractivity (Wildman–Crippen MR) is 168 cm³/mol. The molecule has 1 heterocycles. The van der Waals surface area contributed by atoms with Crippen LogP contribution in [0.3, 0.4) is 0 Å². The molecule has 1 aliphatic rings. The number of nitrogens with one attached hydrogen (secondary N) is 4. The number of thiocarbonyl (C=S) groups is 1. The molecule has 42 heavy (non-hydrogen) atoms. The number of ketones is 1. The molecule has 0 unspecified atom stereocenters. The monoisotopic (exact) mass is 596 g/mol. The predicted octanol–water partition coefficient (Wildman–Crippen LogP) is 4.01. The molecule has 0 aliphatic carbocycles. The van der Waals surface area contributed by atoms with Crippen LogP contribution in [-0.2, 0) is 25.5 Å². The first-order valence-electron chi connectivity index (χ1n) is 14.4. The van der Waals surface area contributed by atoms with E-state index in [0.717, 1.165) is 17.0 Å². The third-order valence-electron chi connectivity index (χ3n) is 7.03. The van der Waals surface area contributed by atoms with Gasteiger partial charge in [-0.3, -0.25) is 14.4 Å². The van der Waals surface area contributed by atoms with Crippen molar-refractivity contribution < 1.29 is 23.9 Å². The van der Waals surface area contributed by atoms with Gasteiger partial charge in [0.1, 0.15) is 23.4 Å². The summed E-state index contributed by atoms with van der Waals surface area (Å²) >= 11 is 5.52. The lowest BCUT2D eigenvalue weighted by Crippen LogP contribution is -2.57. The molecule has 228 valence electrons. The summed E-state index contributed by atoms with van der Waals surface area (Å²) in [5.74, 6) is 0.132. The first-order chi connectivity index (χ1) is 19.9. The minimum absolute atomic E-state index is 0.149. The SMILES string of the molecule is COc1ccc(NC(=S)N[C@@H](CC(C)C)C(=O)N[C@@H](Cc2ccccc2)C(=O)N[C@@H](CC(C)C)C(=O)[C@]2(C)CO2)cc1. The summed E-state index contributed by atoms with van der Waals surface area (Å²) in [6.07, 6.45) is 1.22. The minimum Gasteiger partial charge on any atom is -0.497 e. The van der Waals surface area contributed by atoms with Gasteiger partial charge in [0.2, 0.25) is 11.8 Å². The highest BCUT2D eigenvalue weighted by Gasteiger charge is 2.50. The second-order valence-electron chi connectivity index (χ2n) is 11.8. The number of benzene rings is 2. The Hall–Kier alpha value is -3.50. The number of hydrogen-bond donors (Lipinski definition) is 4. The third-order valence-corrected chi connectivity index (χ3v) is 7.25. The van der Waals surface area contributed by atoms with Gasteiger partial charge in [-0.05, 0) is 73.6 Å². The molecular formula is C32H44N4O5S. The highest BCUT2D eigenvalue weighted by Crippen LogP contribution is 2.29. The van der Waals surface area contributed by atoms with Crippen molar-refractivity contribution in [1.82, 2.24) is 16.0 Å². The van der Waals surface area contributed by atoms with E-state index in [-0.39, 0.29) is 35.1 Å². The fourth-order valence-electron chi connectivity index (χ4n) is 4.63. The Morgan fingerprint density at radius 2 is 1.40 bits per heavy atom. The van der Waals surface area contributed by atoms with Crippen LogP contribution in [0.15, 0.2) is 54.6 Å². The first-order valence-corrected chi connectivity index (χ1v) is 14.9. The molecule has 4 atom stereocenters. The summed E-state index contributed by atoms with van der Waals surface area (Å²) in [6, 6.07) is 14.4. The smallest absolute Gasteiger partial charge is 0.243 e. The van der Waals surface area contributed by atoms with E-state index in [4.69, 9.17) is 21.7 Å². The number of ether oxygens (including phenoxy) is 2. The topological polar surface area (TPSA) is 121 Å². The normalized spacial score (nSPS) is 18.0. The highest BCUT2D eigenvalue weighted by atomic mass is 32.1. The Morgan fingerprint density at radius 1 is 0.857 bits per heavy atom. The molecule has 0 bridgehead atoms. The number of rotatable bonds is 15. The van der Waals surface area contributed by atoms with Crippen molar-refractivity contribution in [1.29, 1.82) is 0 Å². The zero-order valence-electron chi connectivity index (χ0n) is 25.4. The second-order valence-corrected chi connectivity index (χ2v) is 12.2. The standard InChI is InChI=1S/C32H44N4O5S/c1-20(2)16-25(28(37)32(5)19-41-32)34-30(39)27(18-22-10-8-7-9-11-22)35-29(38)26(17-21(3)4)36-31(42)33-23-12-14-24(40-6)15-13-23/h7-15,20-21,25-27H,16-19H2,1-6H3,(H,34,39)(H,35,38)(H2,33,36,42)/t25-,26-,27-,32-/m0/s1. The lowest BCUT2D eigenvalue weighted by molar-refractivity contribution is -0.133. The molecule has 2 aromatic carbocycles. The average molecular weight is 597 g/mol. The fraction of sp³-hybridized carbons (Fsp3) is 0.500. The first kappa shape index (κ1) is 33.0. The van der Waals surface area contributed by atoms with Gasteiger partial charge < -0.3 is 30.7 Å². The van der Waals surface area contributed by atoms with Crippen LogP contribution >= 0.6 is 12.2 Å². The van der Waals surface area contributed by atoms with Gasteiger partial charge in [-0.15, -0.1) is 0 Å². The van der Waals surface area contributed by atoms with Crippen molar-refractivity contribution in [2.45, 2.75) is 77.6 Å². The van der Waals surface area contributed by atoms with Crippen molar-refractivity contribution in [3.8, 4) is 5.75 Å². The molecule has 1 aliphatic heterocycles. The Labute approximate surface area is 254 Å². The van der Waals surface area contributed by atoms with Gasteiger partial charge in [0, 0.05) is 12.1 Å². The van der Waals surface area contributed by atoms with E-state index in [2.05, 4.69) is 21.3 Å². The van der Waals surface area contributed by atoms with Crippen LogP contribution in [0, 0.1) is 11.8 Å². The van der Waals surface area contributed by atoms with E-state index in [1.54, 1.807) is 14.0 Å². The van der Waals surface area contributed by atoms with Gasteiger partial charge in [0.15, 0.2) is 10.9 Å². The quantitative estimate of drug-likeness (QED) is 0.180. The number of amides is 2. The molecule has 0 radical (unpaired) electrons. The summed E-state index contributed by atoms with van der Waals surface area (Å²) < 4.78 is 10.6. The van der Waals surface area contributed by atoms with Gasteiger partial charge in [-0.1, -0.05) is 58.0 Å². The average Bonchev–Trinajstić information content (AvgIpc) is 3.70. The molecule has 1 saturated heterocycles. The van der Waals surface area contributed by atoms with Gasteiger partial charge in [0.25, 0.3) is 0 Å². The number of methoxy groups -OCH3 is 1. The van der Waals surface area contributed by atoms with E-state index in [0.29, 0.717) is 19.4 Å². The zero-order valence-corrected chi connectivity index (χ0v) is 26.2. The fourth-order valence-corrected chi connectivity index (χ4v) is 4.89. The molecule has 1 fully saturated rings. The highest BCUT2D eigenvalue weighted by molar-refractivity contribution is 7.80. The van der Waals surface area contributed by atoms with Crippen LogP contribution in [0.5, 0.6) is 5.75 Å². The van der Waals surface area contributed by atoms with Crippen molar-refractivity contribution in [2.75, 3.05) is 19.0 Å². The molecule has 0 aromatic heterocycles. The number of anilines is 1. The second kappa shape index (κ2) is 15.1. The maximum absolute atomic E-state index is 13.7. The van der Waals surface area contributed by atoms with E-state index in [9.17, 15) is 14.4 Å². The van der Waals surface area contributed by atoms with Gasteiger partial charge in [-0.25, -0.2) is 0 Å². The molecule has 0 saturated carbocycles. The largest absolute Gasteiger partial charge is 0.497 e. The molecule has 4 N–H and O–H groups in total. The maximum atomic E-state index is 13.7. The number of Topliss-reactive ketones (excluding diaryl/α,β-unsaturated/α-hetero) is 1. The summed E-state index contributed by atoms with van der Waals surface area (Å²) in [4.78, 5) is 40.5. The zero-order chi connectivity index (χ0) is 30.9. The Balaban J connectivity index is 1.76. The Kier molecular flexibility index (Phi) is 11.9. The Morgan fingerprint density at radius 3 is 1.95 bits per heavy atom. The van der Waals surface area contributed by atoms with Crippen molar-refractivity contribution in [2.24, 2.45) is 11.8 Å². The van der Waals surface area contributed by atoms with E-state index in [1.165, 1.54) is 0 Å². The van der Waals surface area contributed by atoms with Gasteiger partial charge >= 0.3 is 0 Å². The molecule has 3 rings (SSSR count). The van der Waals surface area contributed by atoms with Crippen LogP contribution < -0.4 is 26.0 Å². The van der Waals surface area contributed by atoms with E-state index >= 15 is 0 Å². The maximum Gasteiger partial charge on any atom is 0.243 e. The molecule has 2 amide bonds. The summed E-state index contributed by atoms with van der Waals surface area (Å²) in [5.41, 5.74) is 0.754. The summed E-state index contributed by atoms with van der Waals surface area (Å²) in [5, 5.41) is 12.4. The minimum atomic E-state index is -0.908. The molecule has 2 aromatic rings. The summed E-state index contributed by atoms with van der Waals surface area (Å²) in [7, 11) is 1.60. The number of epoxide rings is 1. The van der Waals surface area contributed by atoms with Crippen molar-refractivity contribution in [3.63, 3.8) is 0 Å². The van der Waals surface area contributed by atoms with Gasteiger partial charge in [-0.2, -0.15) is 0 Å². The van der Waals surface area contributed by atoms with Crippen molar-refractivity contribution >= 4 is 40.6 Å². The Bertz CT molecular complexity index is 1220. The van der Waals surface area contributed by atoms with Crippen LogP contribution in [0.4, 0.5) is 5.69 Å². The lowest BCUT2D eigenvalue weighted by Gasteiger charge is -2.27. The molecule has 0 spiro atoms. The van der Waals surface area contributed by atoms with Crippen LogP contribution in [0.25, 0.3) is 0 Å².